The van der Waals surface area contributed by atoms with Crippen molar-refractivity contribution in [1.82, 2.24) is 24.5 Å². The second-order valence-corrected chi connectivity index (χ2v) is 9.70. The molecule has 0 aliphatic carbocycles. The van der Waals surface area contributed by atoms with Crippen LogP contribution in [0.4, 0.5) is 17.6 Å². The van der Waals surface area contributed by atoms with E-state index in [1.165, 1.54) is 40.2 Å². The molecule has 0 aliphatic rings. The van der Waals surface area contributed by atoms with Gasteiger partial charge in [-0.25, -0.2) is 13.9 Å². The Hall–Kier alpha value is -3.77. The maximum atomic E-state index is 14.3. The van der Waals surface area contributed by atoms with Gasteiger partial charge in [-0.3, -0.25) is 4.57 Å². The van der Waals surface area contributed by atoms with Crippen molar-refractivity contribution >= 4 is 22.9 Å². The molecule has 0 saturated heterocycles. The van der Waals surface area contributed by atoms with E-state index in [1.54, 1.807) is 30.3 Å². The molecule has 0 radical (unpaired) electrons. The molecular weight excluding hydrogens is 534 g/mol. The summed E-state index contributed by atoms with van der Waals surface area (Å²) in [5, 5.41) is 8.18. The first-order valence-corrected chi connectivity index (χ1v) is 12.0. The van der Waals surface area contributed by atoms with Crippen molar-refractivity contribution in [3.8, 4) is 10.7 Å². The summed E-state index contributed by atoms with van der Waals surface area (Å²) >= 11 is 7.27. The van der Waals surface area contributed by atoms with E-state index in [0.717, 1.165) is 10.7 Å². The maximum absolute atomic E-state index is 14.3. The number of hydrogen-bond acceptors (Lipinski definition) is 6. The number of alkyl halides is 3. The summed E-state index contributed by atoms with van der Waals surface area (Å²) in [5.41, 5.74) is -1.08. The molecule has 0 aliphatic heterocycles. The van der Waals surface area contributed by atoms with Gasteiger partial charge in [0.25, 0.3) is 0 Å². The monoisotopic (exact) mass is 549 g/mol. The lowest BCUT2D eigenvalue weighted by atomic mass is 10.0. The van der Waals surface area contributed by atoms with E-state index < -0.39 is 23.2 Å². The average molecular weight is 550 g/mol. The van der Waals surface area contributed by atoms with Gasteiger partial charge in [0.15, 0.2) is 11.6 Å². The van der Waals surface area contributed by atoms with E-state index in [4.69, 9.17) is 16.1 Å². The van der Waals surface area contributed by atoms with E-state index >= 15 is 0 Å². The Kier molecular flexibility index (Phi) is 6.69. The normalized spacial score (nSPS) is 11.8. The van der Waals surface area contributed by atoms with Crippen LogP contribution in [0.2, 0.25) is 4.34 Å². The Morgan fingerprint density at radius 1 is 0.973 bits per heavy atom. The first-order valence-electron chi connectivity index (χ1n) is 10.8. The molecule has 0 amide bonds. The number of hydrogen-bond donors (Lipinski definition) is 0. The highest BCUT2D eigenvalue weighted by Gasteiger charge is 2.33. The fourth-order valence-electron chi connectivity index (χ4n) is 3.77. The maximum Gasteiger partial charge on any atom is 0.416 e. The molecule has 3 aromatic heterocycles. The van der Waals surface area contributed by atoms with Crippen LogP contribution in [0.1, 0.15) is 28.4 Å². The second-order valence-electron chi connectivity index (χ2n) is 7.98. The number of benzene rings is 2. The zero-order chi connectivity index (χ0) is 26.2. The quantitative estimate of drug-likeness (QED) is 0.245. The van der Waals surface area contributed by atoms with E-state index in [-0.39, 0.29) is 42.6 Å². The van der Waals surface area contributed by atoms with E-state index in [9.17, 15) is 22.4 Å². The van der Waals surface area contributed by atoms with Gasteiger partial charge in [-0.1, -0.05) is 53.2 Å². The van der Waals surface area contributed by atoms with E-state index in [1.807, 2.05) is 0 Å². The standard InChI is InChI=1S/C24H16ClF4N5O2S/c25-19-10-9-18(37-19)22-31-34(23(35)33(22)12-15-6-2-4-8-17(15)26)13-20-30-21(36-32-20)11-14-5-1-3-7-16(14)24(27,28)29/h1-10H,11-13H2. The first kappa shape index (κ1) is 24.9. The molecule has 0 saturated carbocycles. The van der Waals surface area contributed by atoms with Crippen LogP contribution in [0.3, 0.4) is 0 Å². The van der Waals surface area contributed by atoms with Gasteiger partial charge in [-0.15, -0.1) is 16.4 Å². The van der Waals surface area contributed by atoms with Crippen molar-refractivity contribution in [3.05, 3.63) is 110 Å². The van der Waals surface area contributed by atoms with Crippen LogP contribution in [0, 0.1) is 5.82 Å². The topological polar surface area (TPSA) is 78.7 Å². The van der Waals surface area contributed by atoms with Gasteiger partial charge in [-0.2, -0.15) is 18.2 Å². The largest absolute Gasteiger partial charge is 0.416 e. The third kappa shape index (κ3) is 5.35. The summed E-state index contributed by atoms with van der Waals surface area (Å²) in [6.07, 6.45) is -4.77. The lowest BCUT2D eigenvalue weighted by Crippen LogP contribution is -2.26. The van der Waals surface area contributed by atoms with Gasteiger partial charge in [0.2, 0.25) is 5.89 Å². The van der Waals surface area contributed by atoms with E-state index in [0.29, 0.717) is 14.8 Å². The lowest BCUT2D eigenvalue weighted by Gasteiger charge is -2.10. The molecule has 0 atom stereocenters. The Balaban J connectivity index is 1.45. The molecule has 0 fully saturated rings. The average Bonchev–Trinajstić information content (AvgIpc) is 3.56. The van der Waals surface area contributed by atoms with Gasteiger partial charge in [0.05, 0.1) is 27.7 Å². The van der Waals surface area contributed by atoms with Crippen LogP contribution in [0.15, 0.2) is 70.0 Å². The lowest BCUT2D eigenvalue weighted by molar-refractivity contribution is -0.138. The van der Waals surface area contributed by atoms with Crippen molar-refractivity contribution in [3.63, 3.8) is 0 Å². The highest BCUT2D eigenvalue weighted by molar-refractivity contribution is 7.19. The van der Waals surface area contributed by atoms with Crippen molar-refractivity contribution in [2.45, 2.75) is 25.7 Å². The summed E-state index contributed by atoms with van der Waals surface area (Å²) in [6, 6.07) is 14.5. The SMILES string of the molecule is O=c1n(Cc2noc(Cc3ccccc3C(F)(F)F)n2)nc(-c2ccc(Cl)s2)n1Cc1ccccc1F. The minimum atomic E-state index is -4.53. The third-order valence-electron chi connectivity index (χ3n) is 5.47. The minimum Gasteiger partial charge on any atom is -0.339 e. The van der Waals surface area contributed by atoms with Gasteiger partial charge in [0.1, 0.15) is 12.4 Å². The van der Waals surface area contributed by atoms with Crippen molar-refractivity contribution in [2.24, 2.45) is 0 Å². The molecule has 0 N–H and O–H groups in total. The van der Waals surface area contributed by atoms with E-state index in [2.05, 4.69) is 15.2 Å². The van der Waals surface area contributed by atoms with Crippen LogP contribution < -0.4 is 5.69 Å². The van der Waals surface area contributed by atoms with Gasteiger partial charge in [0, 0.05) is 5.56 Å². The number of aromatic nitrogens is 5. The molecule has 0 spiro atoms. The zero-order valence-electron chi connectivity index (χ0n) is 18.7. The second kappa shape index (κ2) is 9.94. The molecule has 3 heterocycles. The van der Waals surface area contributed by atoms with Crippen LogP contribution in [0.25, 0.3) is 10.7 Å². The Bertz CT molecular complexity index is 1620. The molecular formula is C24H16ClF4N5O2S. The number of rotatable bonds is 7. The summed E-state index contributed by atoms with van der Waals surface area (Å²) < 4.78 is 62.2. The van der Waals surface area contributed by atoms with Gasteiger partial charge in [-0.05, 0) is 29.8 Å². The molecule has 7 nitrogen and oxygen atoms in total. The van der Waals surface area contributed by atoms with Crippen LogP contribution in [-0.4, -0.2) is 24.5 Å². The van der Waals surface area contributed by atoms with Crippen LogP contribution in [-0.2, 0) is 25.7 Å². The predicted molar refractivity (Wildman–Crippen MR) is 128 cm³/mol. The smallest absolute Gasteiger partial charge is 0.339 e. The predicted octanol–water partition coefficient (Wildman–Crippen LogP) is 5.66. The third-order valence-corrected chi connectivity index (χ3v) is 6.70. The molecule has 190 valence electrons. The Labute approximate surface area is 215 Å². The summed E-state index contributed by atoms with van der Waals surface area (Å²) in [7, 11) is 0. The zero-order valence-corrected chi connectivity index (χ0v) is 20.3. The Morgan fingerprint density at radius 2 is 1.70 bits per heavy atom. The first-order chi connectivity index (χ1) is 17.7. The molecule has 5 aromatic rings. The molecule has 37 heavy (non-hydrogen) atoms. The number of halogens is 5. The van der Waals surface area contributed by atoms with Crippen molar-refractivity contribution in [2.75, 3.05) is 0 Å². The summed E-state index contributed by atoms with van der Waals surface area (Å²) in [5.74, 6) is -0.198. The molecule has 2 aromatic carbocycles. The van der Waals surface area contributed by atoms with Gasteiger partial charge >= 0.3 is 11.9 Å². The van der Waals surface area contributed by atoms with Crippen molar-refractivity contribution < 1.29 is 22.1 Å². The fraction of sp³-hybridized carbons (Fsp3) is 0.167. The minimum absolute atomic E-state index is 0.0200. The molecule has 0 bridgehead atoms. The molecule has 13 heteroatoms. The highest BCUT2D eigenvalue weighted by Crippen LogP contribution is 2.33. The van der Waals surface area contributed by atoms with Gasteiger partial charge < -0.3 is 4.52 Å². The van der Waals surface area contributed by atoms with Crippen LogP contribution >= 0.6 is 22.9 Å². The fourth-order valence-corrected chi connectivity index (χ4v) is 4.81. The molecule has 0 unspecified atom stereocenters. The van der Waals surface area contributed by atoms with Crippen LogP contribution in [0.5, 0.6) is 0 Å². The molecule has 5 rings (SSSR count). The summed E-state index contributed by atoms with van der Waals surface area (Å²) in [6.45, 7) is -0.290. The Morgan fingerprint density at radius 3 is 2.41 bits per heavy atom. The number of thiophene rings is 1. The highest BCUT2D eigenvalue weighted by atomic mass is 35.5. The summed E-state index contributed by atoms with van der Waals surface area (Å²) in [4.78, 5) is 18.0. The van der Waals surface area contributed by atoms with Crippen molar-refractivity contribution in [1.29, 1.82) is 0 Å². The number of nitrogens with zero attached hydrogens (tertiary/aromatic N) is 5.